The van der Waals surface area contributed by atoms with E-state index in [-0.39, 0.29) is 42.0 Å². The highest BCUT2D eigenvalue weighted by Gasteiger charge is 2.44. The molecule has 0 bridgehead atoms. The third-order valence-corrected chi connectivity index (χ3v) is 5.91. The lowest BCUT2D eigenvalue weighted by Gasteiger charge is -2.37. The van der Waals surface area contributed by atoms with Crippen LogP contribution < -0.4 is 9.64 Å². The van der Waals surface area contributed by atoms with Gasteiger partial charge in [0.2, 0.25) is 5.91 Å². The molecule has 0 spiro atoms. The molecule has 0 N–H and O–H groups in total. The Balaban J connectivity index is 1.45. The molecule has 0 aliphatic carbocycles. The summed E-state index contributed by atoms with van der Waals surface area (Å²) in [6, 6.07) is 13.7. The van der Waals surface area contributed by atoms with Crippen molar-refractivity contribution < 1.29 is 19.2 Å². The van der Waals surface area contributed by atoms with Gasteiger partial charge in [0, 0.05) is 38.8 Å². The quantitative estimate of drug-likeness (QED) is 0.372. The predicted octanol–water partition coefficient (Wildman–Crippen LogP) is 2.44. The Hall–Kier alpha value is -3.30. The van der Waals surface area contributed by atoms with Gasteiger partial charge in [0.1, 0.15) is 5.75 Å². The number of nitro groups is 1. The van der Waals surface area contributed by atoms with Crippen molar-refractivity contribution in [2.45, 2.75) is 25.9 Å². The van der Waals surface area contributed by atoms with Gasteiger partial charge in [0.25, 0.3) is 11.6 Å². The first-order chi connectivity index (χ1) is 15.5. The van der Waals surface area contributed by atoms with Gasteiger partial charge in [-0.2, -0.15) is 0 Å². The number of non-ortho nitro benzene ring substituents is 1. The summed E-state index contributed by atoms with van der Waals surface area (Å²) in [6.45, 7) is 5.89. The number of nitrogens with zero attached hydrogens (tertiary/aromatic N) is 4. The minimum absolute atomic E-state index is 0.0973. The average Bonchev–Trinajstić information content (AvgIpc) is 3.09. The Labute approximate surface area is 186 Å². The standard InChI is InChI=1S/C23H26N4O5/c1-2-32-21-14-18(27(30)31)8-9-19(21)26-22(28)15-20(23(26)29)25-12-10-24(11-13-25)16-17-6-4-3-5-7-17/h3-9,14,20H,2,10-13,15-16H2,1H3/t20-/m0/s1. The van der Waals surface area contributed by atoms with Gasteiger partial charge in [-0.1, -0.05) is 30.3 Å². The molecule has 0 radical (unpaired) electrons. The molecule has 9 heteroatoms. The SMILES string of the molecule is CCOc1cc([N+](=O)[O-])ccc1N1C(=O)C[C@H](N2CCN(Cc3ccccc3)CC2)C1=O. The maximum Gasteiger partial charge on any atom is 0.273 e. The van der Waals surface area contributed by atoms with Crippen molar-refractivity contribution in [1.29, 1.82) is 0 Å². The van der Waals surface area contributed by atoms with Crippen molar-refractivity contribution in [3.8, 4) is 5.75 Å². The zero-order valence-corrected chi connectivity index (χ0v) is 18.0. The summed E-state index contributed by atoms with van der Waals surface area (Å²) in [5.74, 6) is -0.459. The van der Waals surface area contributed by atoms with Crippen molar-refractivity contribution in [1.82, 2.24) is 9.80 Å². The summed E-state index contributed by atoms with van der Waals surface area (Å²) in [6.07, 6.45) is 0.0973. The Morgan fingerprint density at radius 3 is 2.44 bits per heavy atom. The highest BCUT2D eigenvalue weighted by molar-refractivity contribution is 6.23. The van der Waals surface area contributed by atoms with Crippen molar-refractivity contribution >= 4 is 23.2 Å². The number of imide groups is 1. The van der Waals surface area contributed by atoms with Crippen LogP contribution >= 0.6 is 0 Å². The van der Waals surface area contributed by atoms with Crippen molar-refractivity contribution in [3.05, 3.63) is 64.2 Å². The molecule has 2 amide bonds. The highest BCUT2D eigenvalue weighted by Crippen LogP contribution is 2.36. The first-order valence-corrected chi connectivity index (χ1v) is 10.8. The van der Waals surface area contributed by atoms with Crippen molar-refractivity contribution in [2.24, 2.45) is 0 Å². The fourth-order valence-electron chi connectivity index (χ4n) is 4.30. The van der Waals surface area contributed by atoms with E-state index in [4.69, 9.17) is 4.74 Å². The summed E-state index contributed by atoms with van der Waals surface area (Å²) in [4.78, 5) is 42.1. The molecule has 2 aromatic rings. The van der Waals surface area contributed by atoms with Gasteiger partial charge < -0.3 is 4.74 Å². The number of nitro benzene ring substituents is 1. The first-order valence-electron chi connectivity index (χ1n) is 10.8. The number of ether oxygens (including phenoxy) is 1. The molecule has 1 atom stereocenters. The number of anilines is 1. The smallest absolute Gasteiger partial charge is 0.273 e. The first kappa shape index (κ1) is 21.9. The second-order valence-corrected chi connectivity index (χ2v) is 7.93. The molecule has 2 saturated heterocycles. The Bertz CT molecular complexity index is 1000. The Morgan fingerprint density at radius 2 is 1.78 bits per heavy atom. The number of hydrogen-bond donors (Lipinski definition) is 0. The summed E-state index contributed by atoms with van der Waals surface area (Å²) in [5.41, 5.74) is 1.36. The van der Waals surface area contributed by atoms with E-state index in [1.807, 2.05) is 18.2 Å². The molecular formula is C23H26N4O5. The van der Waals surface area contributed by atoms with Crippen LogP contribution in [0, 0.1) is 10.1 Å². The van der Waals surface area contributed by atoms with E-state index < -0.39 is 11.0 Å². The number of carbonyl (C=O) groups excluding carboxylic acids is 2. The van der Waals surface area contributed by atoms with Crippen LogP contribution in [-0.4, -0.2) is 65.4 Å². The molecule has 0 saturated carbocycles. The van der Waals surface area contributed by atoms with Crippen LogP contribution in [0.3, 0.4) is 0 Å². The van der Waals surface area contributed by atoms with E-state index >= 15 is 0 Å². The molecule has 168 valence electrons. The highest BCUT2D eigenvalue weighted by atomic mass is 16.6. The zero-order chi connectivity index (χ0) is 22.7. The van der Waals surface area contributed by atoms with Crippen LogP contribution in [0.5, 0.6) is 5.75 Å². The van der Waals surface area contributed by atoms with E-state index in [1.165, 1.54) is 23.8 Å². The summed E-state index contributed by atoms with van der Waals surface area (Å²) >= 11 is 0. The molecular weight excluding hydrogens is 412 g/mol. The third-order valence-electron chi connectivity index (χ3n) is 5.91. The van der Waals surface area contributed by atoms with Crippen LogP contribution in [-0.2, 0) is 16.1 Å². The normalized spacial score (nSPS) is 20.0. The fraction of sp³-hybridized carbons (Fsp3) is 0.391. The lowest BCUT2D eigenvalue weighted by atomic mass is 10.1. The second-order valence-electron chi connectivity index (χ2n) is 7.93. The minimum Gasteiger partial charge on any atom is -0.491 e. The number of amides is 2. The largest absolute Gasteiger partial charge is 0.491 e. The minimum atomic E-state index is -0.530. The molecule has 0 aromatic heterocycles. The Morgan fingerprint density at radius 1 is 1.06 bits per heavy atom. The summed E-state index contributed by atoms with van der Waals surface area (Å²) < 4.78 is 5.52. The molecule has 2 heterocycles. The van der Waals surface area contributed by atoms with Crippen LogP contribution in [0.4, 0.5) is 11.4 Å². The molecule has 2 aliphatic rings. The zero-order valence-electron chi connectivity index (χ0n) is 18.0. The number of carbonyl (C=O) groups is 2. The Kier molecular flexibility index (Phi) is 6.48. The van der Waals surface area contributed by atoms with E-state index in [0.717, 1.165) is 24.5 Å². The number of hydrogen-bond acceptors (Lipinski definition) is 7. The van der Waals surface area contributed by atoms with Crippen molar-refractivity contribution in [2.75, 3.05) is 37.7 Å². The average molecular weight is 438 g/mol. The van der Waals surface area contributed by atoms with Gasteiger partial charge >= 0.3 is 0 Å². The van der Waals surface area contributed by atoms with Gasteiger partial charge in [0.05, 0.1) is 35.7 Å². The van der Waals surface area contributed by atoms with Crippen LogP contribution in [0.2, 0.25) is 0 Å². The molecule has 0 unspecified atom stereocenters. The lowest BCUT2D eigenvalue weighted by molar-refractivity contribution is -0.384. The van der Waals surface area contributed by atoms with Crippen LogP contribution in [0.15, 0.2) is 48.5 Å². The number of rotatable bonds is 7. The van der Waals surface area contributed by atoms with Gasteiger partial charge in [-0.25, -0.2) is 4.90 Å². The monoisotopic (exact) mass is 438 g/mol. The molecule has 2 aliphatic heterocycles. The molecule has 32 heavy (non-hydrogen) atoms. The second kappa shape index (κ2) is 9.46. The van der Waals surface area contributed by atoms with Gasteiger partial charge in [-0.05, 0) is 18.6 Å². The summed E-state index contributed by atoms with van der Waals surface area (Å²) in [7, 11) is 0. The van der Waals surface area contributed by atoms with E-state index in [2.05, 4.69) is 21.9 Å². The topological polar surface area (TPSA) is 96.2 Å². The summed E-state index contributed by atoms with van der Waals surface area (Å²) in [5, 5.41) is 11.1. The maximum atomic E-state index is 13.2. The van der Waals surface area contributed by atoms with E-state index in [9.17, 15) is 19.7 Å². The fourth-order valence-corrected chi connectivity index (χ4v) is 4.30. The van der Waals surface area contributed by atoms with Crippen molar-refractivity contribution in [3.63, 3.8) is 0 Å². The molecule has 9 nitrogen and oxygen atoms in total. The molecule has 2 fully saturated rings. The number of piperazine rings is 1. The molecule has 2 aromatic carbocycles. The van der Waals surface area contributed by atoms with Gasteiger partial charge in [-0.15, -0.1) is 0 Å². The van der Waals surface area contributed by atoms with Gasteiger partial charge in [0.15, 0.2) is 0 Å². The maximum absolute atomic E-state index is 13.2. The van der Waals surface area contributed by atoms with Crippen LogP contribution in [0.1, 0.15) is 18.9 Å². The lowest BCUT2D eigenvalue weighted by Crippen LogP contribution is -2.52. The molecule has 4 rings (SSSR count). The third kappa shape index (κ3) is 4.49. The van der Waals surface area contributed by atoms with Crippen LogP contribution in [0.25, 0.3) is 0 Å². The van der Waals surface area contributed by atoms with E-state index in [1.54, 1.807) is 6.92 Å². The van der Waals surface area contributed by atoms with E-state index in [0.29, 0.717) is 13.1 Å². The number of benzene rings is 2. The van der Waals surface area contributed by atoms with Gasteiger partial charge in [-0.3, -0.25) is 29.5 Å². The predicted molar refractivity (Wildman–Crippen MR) is 118 cm³/mol.